The topological polar surface area (TPSA) is 172 Å². The summed E-state index contributed by atoms with van der Waals surface area (Å²) in [6.07, 6.45) is 1.58. The highest BCUT2D eigenvalue weighted by Crippen LogP contribution is 2.26. The standard InChI is InChI=1S/C29H33N5O8/c1-5-12-41-29(39)33-23(27(36)37)15-25-30-20(17-42-25)16-34(3)26(35)14-19-10-11-22(24(13-19)40-4)32-28(38)31-21-9-7-6-8-18(21)2/h5-11,13,17,23H,1,12,14-16H2,2-4H3,(H,33,39)(H,36,37)(H2,31,32,38). The largest absolute Gasteiger partial charge is 0.495 e. The van der Waals surface area contributed by atoms with E-state index in [1.54, 1.807) is 31.3 Å². The highest BCUT2D eigenvalue weighted by Gasteiger charge is 2.24. The molecule has 2 aromatic carbocycles. The molecular formula is C29H33N5O8. The molecule has 0 aliphatic heterocycles. The number of nitrogens with one attached hydrogen (secondary N) is 3. The zero-order valence-corrected chi connectivity index (χ0v) is 23.5. The number of oxazole rings is 1. The zero-order valence-electron chi connectivity index (χ0n) is 23.5. The third-order valence-electron chi connectivity index (χ3n) is 5.99. The minimum absolute atomic E-state index is 0.0467. The number of methoxy groups -OCH3 is 1. The van der Waals surface area contributed by atoms with Gasteiger partial charge in [0.25, 0.3) is 0 Å². The van der Waals surface area contributed by atoms with Crippen molar-refractivity contribution in [1.82, 2.24) is 15.2 Å². The summed E-state index contributed by atoms with van der Waals surface area (Å²) in [6, 6.07) is 10.7. The summed E-state index contributed by atoms with van der Waals surface area (Å²) in [5.41, 5.74) is 3.10. The molecule has 4 N–H and O–H groups in total. The van der Waals surface area contributed by atoms with E-state index in [2.05, 4.69) is 27.5 Å². The first-order chi connectivity index (χ1) is 20.1. The molecule has 0 bridgehead atoms. The number of hydrogen-bond donors (Lipinski definition) is 4. The molecule has 0 saturated carbocycles. The molecule has 0 radical (unpaired) electrons. The van der Waals surface area contributed by atoms with Gasteiger partial charge in [0, 0.05) is 12.7 Å². The second kappa shape index (κ2) is 14.9. The molecule has 0 spiro atoms. The Morgan fingerprint density at radius 1 is 1.14 bits per heavy atom. The first-order valence-corrected chi connectivity index (χ1v) is 12.8. The maximum absolute atomic E-state index is 12.9. The van der Waals surface area contributed by atoms with Gasteiger partial charge in [-0.1, -0.05) is 36.9 Å². The minimum atomic E-state index is -1.32. The van der Waals surface area contributed by atoms with Gasteiger partial charge in [0.2, 0.25) is 5.91 Å². The van der Waals surface area contributed by atoms with Gasteiger partial charge >= 0.3 is 18.1 Å². The number of para-hydroxylation sites is 1. The number of carbonyl (C=O) groups is 4. The van der Waals surface area contributed by atoms with Crippen LogP contribution < -0.4 is 20.7 Å². The molecule has 0 aliphatic carbocycles. The van der Waals surface area contributed by atoms with E-state index >= 15 is 0 Å². The van der Waals surface area contributed by atoms with Gasteiger partial charge in [0.15, 0.2) is 5.89 Å². The summed E-state index contributed by atoms with van der Waals surface area (Å²) in [5, 5.41) is 17.2. The molecule has 3 aromatic rings. The third-order valence-corrected chi connectivity index (χ3v) is 5.99. The Balaban J connectivity index is 1.56. The third kappa shape index (κ3) is 9.11. The van der Waals surface area contributed by atoms with Crippen molar-refractivity contribution >= 4 is 35.4 Å². The second-order valence-corrected chi connectivity index (χ2v) is 9.21. The van der Waals surface area contributed by atoms with E-state index in [9.17, 15) is 24.3 Å². The molecule has 0 aliphatic rings. The SMILES string of the molecule is C=CCOC(=O)NC(Cc1nc(CN(C)C(=O)Cc2ccc(NC(=O)Nc3ccccc3C)c(OC)c2)co1)C(=O)O. The fourth-order valence-electron chi connectivity index (χ4n) is 3.79. The molecule has 1 aromatic heterocycles. The van der Waals surface area contributed by atoms with Crippen molar-refractivity contribution in [3.05, 3.63) is 84.1 Å². The van der Waals surface area contributed by atoms with Gasteiger partial charge in [-0.15, -0.1) is 0 Å². The van der Waals surface area contributed by atoms with Crippen LogP contribution in [0.1, 0.15) is 22.7 Å². The van der Waals surface area contributed by atoms with Crippen molar-refractivity contribution < 1.29 is 38.2 Å². The van der Waals surface area contributed by atoms with E-state index < -0.39 is 24.1 Å². The number of aryl methyl sites for hydroxylation is 1. The Hall–Kier alpha value is -5.33. The van der Waals surface area contributed by atoms with Gasteiger partial charge in [-0.05, 0) is 36.2 Å². The Morgan fingerprint density at radius 2 is 1.88 bits per heavy atom. The number of alkyl carbamates (subject to hydrolysis) is 1. The van der Waals surface area contributed by atoms with Crippen LogP contribution in [0.15, 0.2) is 65.8 Å². The van der Waals surface area contributed by atoms with Crippen LogP contribution in [-0.2, 0) is 33.7 Å². The molecule has 1 unspecified atom stereocenters. The van der Waals surface area contributed by atoms with Crippen LogP contribution in [-0.4, -0.2) is 65.8 Å². The zero-order chi connectivity index (χ0) is 30.6. The number of urea groups is 1. The maximum atomic E-state index is 12.9. The number of rotatable bonds is 13. The van der Waals surface area contributed by atoms with Gasteiger partial charge < -0.3 is 39.8 Å². The molecule has 4 amide bonds. The second-order valence-electron chi connectivity index (χ2n) is 9.21. The first kappa shape index (κ1) is 31.2. The fraction of sp³-hybridized carbons (Fsp3) is 0.276. The lowest BCUT2D eigenvalue weighted by atomic mass is 10.1. The van der Waals surface area contributed by atoms with Crippen molar-refractivity contribution in [2.24, 2.45) is 0 Å². The monoisotopic (exact) mass is 579 g/mol. The number of carbonyl (C=O) groups excluding carboxylic acids is 3. The molecule has 42 heavy (non-hydrogen) atoms. The number of likely N-dealkylation sites (N-methyl/N-ethyl adjacent to an activating group) is 1. The van der Waals surface area contributed by atoms with Gasteiger partial charge in [-0.2, -0.15) is 0 Å². The van der Waals surface area contributed by atoms with Crippen LogP contribution in [0.2, 0.25) is 0 Å². The summed E-state index contributed by atoms with van der Waals surface area (Å²) in [6.45, 7) is 5.34. The lowest BCUT2D eigenvalue weighted by molar-refractivity contribution is -0.139. The fourth-order valence-corrected chi connectivity index (χ4v) is 3.79. The summed E-state index contributed by atoms with van der Waals surface area (Å²) < 4.78 is 15.5. The van der Waals surface area contributed by atoms with E-state index in [0.29, 0.717) is 28.4 Å². The maximum Gasteiger partial charge on any atom is 0.408 e. The first-order valence-electron chi connectivity index (χ1n) is 12.8. The van der Waals surface area contributed by atoms with Crippen LogP contribution in [0.3, 0.4) is 0 Å². The highest BCUT2D eigenvalue weighted by molar-refractivity contribution is 6.01. The Morgan fingerprint density at radius 3 is 2.57 bits per heavy atom. The number of aromatic nitrogens is 1. The molecule has 13 heteroatoms. The van der Waals surface area contributed by atoms with E-state index in [4.69, 9.17) is 13.9 Å². The highest BCUT2D eigenvalue weighted by atomic mass is 16.5. The molecule has 222 valence electrons. The van der Waals surface area contributed by atoms with E-state index in [1.807, 2.05) is 25.1 Å². The Kier molecular flexibility index (Phi) is 11.1. The number of carboxylic acids is 1. The van der Waals surface area contributed by atoms with Gasteiger partial charge in [-0.25, -0.2) is 19.4 Å². The number of benzene rings is 2. The lowest BCUT2D eigenvalue weighted by Gasteiger charge is -2.17. The van der Waals surface area contributed by atoms with Crippen molar-refractivity contribution in [1.29, 1.82) is 0 Å². The van der Waals surface area contributed by atoms with Crippen LogP contribution >= 0.6 is 0 Å². The molecule has 0 saturated heterocycles. The number of amides is 4. The van der Waals surface area contributed by atoms with Crippen LogP contribution in [0.25, 0.3) is 0 Å². The van der Waals surface area contributed by atoms with E-state index in [-0.39, 0.29) is 37.8 Å². The summed E-state index contributed by atoms with van der Waals surface area (Å²) in [5.74, 6) is -1.06. The predicted molar refractivity (Wildman–Crippen MR) is 153 cm³/mol. The molecule has 1 heterocycles. The normalized spacial score (nSPS) is 11.1. The van der Waals surface area contributed by atoms with Crippen molar-refractivity contribution in [3.63, 3.8) is 0 Å². The number of nitrogens with zero attached hydrogens (tertiary/aromatic N) is 2. The number of ether oxygens (including phenoxy) is 2. The number of hydrogen-bond acceptors (Lipinski definition) is 8. The van der Waals surface area contributed by atoms with Crippen molar-refractivity contribution in [3.8, 4) is 5.75 Å². The predicted octanol–water partition coefficient (Wildman–Crippen LogP) is 3.74. The number of aliphatic carboxylic acids is 1. The quantitative estimate of drug-likeness (QED) is 0.220. The number of anilines is 2. The Bertz CT molecular complexity index is 1440. The molecular weight excluding hydrogens is 546 g/mol. The van der Waals surface area contributed by atoms with Crippen LogP contribution in [0.5, 0.6) is 5.75 Å². The van der Waals surface area contributed by atoms with Crippen LogP contribution in [0.4, 0.5) is 21.0 Å². The smallest absolute Gasteiger partial charge is 0.408 e. The van der Waals surface area contributed by atoms with Gasteiger partial charge in [0.1, 0.15) is 24.7 Å². The average Bonchev–Trinajstić information content (AvgIpc) is 3.39. The summed E-state index contributed by atoms with van der Waals surface area (Å²) >= 11 is 0. The Labute approximate surface area is 242 Å². The average molecular weight is 580 g/mol. The van der Waals surface area contributed by atoms with Gasteiger partial charge in [-0.3, -0.25) is 4.79 Å². The van der Waals surface area contributed by atoms with Crippen molar-refractivity contribution in [2.45, 2.75) is 32.4 Å². The lowest BCUT2D eigenvalue weighted by Crippen LogP contribution is -2.42. The van der Waals surface area contributed by atoms with Crippen molar-refractivity contribution in [2.75, 3.05) is 31.4 Å². The van der Waals surface area contributed by atoms with Gasteiger partial charge in [0.05, 0.1) is 37.9 Å². The molecule has 3 rings (SSSR count). The summed E-state index contributed by atoms with van der Waals surface area (Å²) in [4.78, 5) is 54.3. The minimum Gasteiger partial charge on any atom is -0.495 e. The molecule has 1 atom stereocenters. The van der Waals surface area contributed by atoms with E-state index in [0.717, 1.165) is 5.56 Å². The molecule has 13 nitrogen and oxygen atoms in total. The van der Waals surface area contributed by atoms with Crippen LogP contribution in [0, 0.1) is 6.92 Å². The summed E-state index contributed by atoms with van der Waals surface area (Å²) in [7, 11) is 3.06. The number of carboxylic acid groups (broad SMARTS) is 1. The van der Waals surface area contributed by atoms with E-state index in [1.165, 1.54) is 24.3 Å². The molecule has 0 fully saturated rings.